The Labute approximate surface area is 159 Å². The largest absolute Gasteiger partial charge is 0.386 e. The number of carbonyl (C=O) groups excluding carboxylic acids is 1. The number of nitrogens with one attached hydrogen (secondary N) is 2. The molecule has 0 unspecified atom stereocenters. The highest BCUT2D eigenvalue weighted by Gasteiger charge is 2.10. The van der Waals surface area contributed by atoms with Gasteiger partial charge in [0.2, 0.25) is 0 Å². The Kier molecular flexibility index (Phi) is 6.64. The number of hydrogen-bond acceptors (Lipinski definition) is 3. The van der Waals surface area contributed by atoms with Crippen LogP contribution in [-0.2, 0) is 11.3 Å². The third-order valence-electron chi connectivity index (χ3n) is 3.30. The maximum absolute atomic E-state index is 12.2. The van der Waals surface area contributed by atoms with Gasteiger partial charge in [-0.15, -0.1) is 0 Å². The average Bonchev–Trinajstić information content (AvgIpc) is 2.55. The first-order chi connectivity index (χ1) is 11.5. The summed E-state index contributed by atoms with van der Waals surface area (Å²) >= 11 is 8.27. The van der Waals surface area contributed by atoms with E-state index in [0.29, 0.717) is 17.3 Å². The number of benzene rings is 2. The zero-order chi connectivity index (χ0) is 17.5. The molecule has 0 aliphatic heterocycles. The topological polar surface area (TPSA) is 64.9 Å². The average molecular weight is 452 g/mol. The van der Waals surface area contributed by atoms with E-state index in [4.69, 9.17) is 11.6 Å². The van der Waals surface area contributed by atoms with Gasteiger partial charge in [0, 0.05) is 27.0 Å². The van der Waals surface area contributed by atoms with Crippen LogP contribution in [0, 0.1) is 21.8 Å². The molecule has 0 aliphatic carbocycles. The van der Waals surface area contributed by atoms with Crippen LogP contribution in [0.2, 0.25) is 5.02 Å². The van der Waals surface area contributed by atoms with E-state index >= 15 is 0 Å². The van der Waals surface area contributed by atoms with Crippen molar-refractivity contribution in [2.45, 2.75) is 13.5 Å². The van der Waals surface area contributed by atoms with Crippen molar-refractivity contribution in [3.8, 4) is 6.07 Å². The number of nitriles is 1. The van der Waals surface area contributed by atoms with Gasteiger partial charge in [-0.05, 0) is 64.9 Å². The highest BCUT2D eigenvalue weighted by atomic mass is 127. The lowest BCUT2D eigenvalue weighted by molar-refractivity contribution is -0.112. The van der Waals surface area contributed by atoms with Gasteiger partial charge in [-0.3, -0.25) is 4.79 Å². The summed E-state index contributed by atoms with van der Waals surface area (Å²) in [5.41, 5.74) is 2.52. The van der Waals surface area contributed by atoms with Crippen molar-refractivity contribution in [2.75, 3.05) is 5.32 Å². The third-order valence-corrected chi connectivity index (χ3v) is 4.34. The molecule has 0 spiro atoms. The molecule has 1 amide bonds. The minimum Gasteiger partial charge on any atom is -0.386 e. The number of amides is 1. The van der Waals surface area contributed by atoms with Crippen LogP contribution in [-0.4, -0.2) is 5.91 Å². The zero-order valence-corrected chi connectivity index (χ0v) is 15.9. The molecule has 4 nitrogen and oxygen atoms in total. The molecule has 0 heterocycles. The molecule has 0 fully saturated rings. The quantitative estimate of drug-likeness (QED) is 0.403. The molecule has 0 aliphatic rings. The maximum Gasteiger partial charge on any atom is 0.267 e. The minimum atomic E-state index is -0.450. The van der Waals surface area contributed by atoms with E-state index < -0.39 is 5.91 Å². The van der Waals surface area contributed by atoms with Crippen molar-refractivity contribution in [3.63, 3.8) is 0 Å². The molecule has 122 valence electrons. The Morgan fingerprint density at radius 2 is 2.08 bits per heavy atom. The zero-order valence-electron chi connectivity index (χ0n) is 12.9. The predicted octanol–water partition coefficient (Wildman–Crippen LogP) is 4.39. The van der Waals surface area contributed by atoms with Gasteiger partial charge in [-0.1, -0.05) is 29.8 Å². The molecule has 2 aromatic carbocycles. The van der Waals surface area contributed by atoms with E-state index in [0.717, 1.165) is 14.7 Å². The number of carbonyl (C=O) groups is 1. The van der Waals surface area contributed by atoms with Gasteiger partial charge < -0.3 is 10.6 Å². The summed E-state index contributed by atoms with van der Waals surface area (Å²) in [6, 6.07) is 15.0. The molecule has 0 radical (unpaired) electrons. The van der Waals surface area contributed by atoms with E-state index in [1.54, 1.807) is 6.07 Å². The lowest BCUT2D eigenvalue weighted by atomic mass is 10.2. The second-order valence-electron chi connectivity index (χ2n) is 5.06. The van der Waals surface area contributed by atoms with Crippen molar-refractivity contribution >= 4 is 45.8 Å². The first kappa shape index (κ1) is 18.3. The standard InChI is InChI=1S/C18H15ClIN3O/c1-12-8-15(20)6-7-17(12)23-18(24)14(9-21)11-22-10-13-4-2-3-5-16(13)19/h2-8,11,22H,10H2,1H3,(H,23,24)/b14-11-. The van der Waals surface area contributed by atoms with Crippen LogP contribution >= 0.6 is 34.2 Å². The van der Waals surface area contributed by atoms with Gasteiger partial charge >= 0.3 is 0 Å². The second kappa shape index (κ2) is 8.71. The minimum absolute atomic E-state index is 0.00000331. The summed E-state index contributed by atoms with van der Waals surface area (Å²) in [6.07, 6.45) is 1.40. The fraction of sp³-hybridized carbons (Fsp3) is 0.111. The van der Waals surface area contributed by atoms with Crippen molar-refractivity contribution in [1.82, 2.24) is 5.32 Å². The summed E-state index contributed by atoms with van der Waals surface area (Å²) in [4.78, 5) is 12.2. The Balaban J connectivity index is 2.03. The summed E-state index contributed by atoms with van der Waals surface area (Å²) in [5.74, 6) is -0.450. The fourth-order valence-electron chi connectivity index (χ4n) is 2.01. The molecule has 0 bridgehead atoms. The molecule has 2 N–H and O–H groups in total. The monoisotopic (exact) mass is 451 g/mol. The molecule has 2 rings (SSSR count). The summed E-state index contributed by atoms with van der Waals surface area (Å²) in [5, 5.41) is 15.5. The highest BCUT2D eigenvalue weighted by Crippen LogP contribution is 2.18. The lowest BCUT2D eigenvalue weighted by Crippen LogP contribution is -2.17. The summed E-state index contributed by atoms with van der Waals surface area (Å²) in [6.45, 7) is 2.34. The van der Waals surface area contributed by atoms with Crippen LogP contribution in [0.15, 0.2) is 54.2 Å². The van der Waals surface area contributed by atoms with Crippen LogP contribution in [0.1, 0.15) is 11.1 Å². The molecule has 0 saturated heterocycles. The highest BCUT2D eigenvalue weighted by molar-refractivity contribution is 14.1. The van der Waals surface area contributed by atoms with E-state index in [2.05, 4.69) is 33.2 Å². The maximum atomic E-state index is 12.2. The van der Waals surface area contributed by atoms with Crippen molar-refractivity contribution < 1.29 is 4.79 Å². The van der Waals surface area contributed by atoms with Crippen LogP contribution < -0.4 is 10.6 Å². The number of halogens is 2. The Morgan fingerprint density at radius 3 is 2.75 bits per heavy atom. The number of rotatable bonds is 5. The number of anilines is 1. The molecule has 0 aromatic heterocycles. The molecule has 6 heteroatoms. The second-order valence-corrected chi connectivity index (χ2v) is 6.71. The molecule has 0 atom stereocenters. The van der Waals surface area contributed by atoms with Crippen LogP contribution in [0.3, 0.4) is 0 Å². The lowest BCUT2D eigenvalue weighted by Gasteiger charge is -2.09. The Bertz CT molecular complexity index is 827. The number of hydrogen-bond donors (Lipinski definition) is 2. The third kappa shape index (κ3) is 4.98. The number of aryl methyl sites for hydroxylation is 1. The van der Waals surface area contributed by atoms with E-state index in [1.165, 1.54) is 6.20 Å². The van der Waals surface area contributed by atoms with Crippen LogP contribution in [0.25, 0.3) is 0 Å². The van der Waals surface area contributed by atoms with Crippen molar-refractivity contribution in [1.29, 1.82) is 5.26 Å². The van der Waals surface area contributed by atoms with Gasteiger partial charge in [0.05, 0.1) is 0 Å². The van der Waals surface area contributed by atoms with Crippen molar-refractivity contribution in [2.24, 2.45) is 0 Å². The molecule has 24 heavy (non-hydrogen) atoms. The Hall–Kier alpha value is -2.04. The van der Waals surface area contributed by atoms with Crippen LogP contribution in [0.4, 0.5) is 5.69 Å². The molecular weight excluding hydrogens is 437 g/mol. The summed E-state index contributed by atoms with van der Waals surface area (Å²) < 4.78 is 1.08. The number of nitrogens with zero attached hydrogens (tertiary/aromatic N) is 1. The van der Waals surface area contributed by atoms with E-state index in [9.17, 15) is 10.1 Å². The smallest absolute Gasteiger partial charge is 0.267 e. The van der Waals surface area contributed by atoms with Gasteiger partial charge in [-0.25, -0.2) is 0 Å². The van der Waals surface area contributed by atoms with Crippen molar-refractivity contribution in [3.05, 3.63) is 74.0 Å². The molecule has 2 aromatic rings. The SMILES string of the molecule is Cc1cc(I)ccc1NC(=O)/C(C#N)=C\NCc1ccccc1Cl. The predicted molar refractivity (Wildman–Crippen MR) is 105 cm³/mol. The van der Waals surface area contributed by atoms with Gasteiger partial charge in [-0.2, -0.15) is 5.26 Å². The van der Waals surface area contributed by atoms with Gasteiger partial charge in [0.1, 0.15) is 11.6 Å². The summed E-state index contributed by atoms with van der Waals surface area (Å²) in [7, 11) is 0. The van der Waals surface area contributed by atoms with Crippen LogP contribution in [0.5, 0.6) is 0 Å². The molecule has 0 saturated carbocycles. The van der Waals surface area contributed by atoms with E-state index in [-0.39, 0.29) is 5.57 Å². The fourth-order valence-corrected chi connectivity index (χ4v) is 2.86. The van der Waals surface area contributed by atoms with Gasteiger partial charge in [0.15, 0.2) is 0 Å². The first-order valence-electron chi connectivity index (χ1n) is 7.16. The van der Waals surface area contributed by atoms with E-state index in [1.807, 2.05) is 49.4 Å². The van der Waals surface area contributed by atoms with Gasteiger partial charge in [0.25, 0.3) is 5.91 Å². The Morgan fingerprint density at radius 1 is 1.33 bits per heavy atom. The normalized spacial score (nSPS) is 10.8. The first-order valence-corrected chi connectivity index (χ1v) is 8.61. The molecular formula is C18H15ClIN3O.